The fraction of sp³-hybridized carbons (Fsp3) is 0.909. The van der Waals surface area contributed by atoms with E-state index in [1.807, 2.05) is 11.9 Å². The number of amides is 1. The molecule has 2 aliphatic carbocycles. The second-order valence-electron chi connectivity index (χ2n) is 5.00. The highest BCUT2D eigenvalue weighted by Gasteiger charge is 2.41. The quantitative estimate of drug-likeness (QED) is 0.650. The summed E-state index contributed by atoms with van der Waals surface area (Å²) >= 11 is 0. The van der Waals surface area contributed by atoms with Gasteiger partial charge in [-0.2, -0.15) is 0 Å². The van der Waals surface area contributed by atoms with Crippen LogP contribution < -0.4 is 5.32 Å². The van der Waals surface area contributed by atoms with Crippen LogP contribution in [0.5, 0.6) is 0 Å². The minimum atomic E-state index is 0.0957. The summed E-state index contributed by atoms with van der Waals surface area (Å²) < 4.78 is 0. The summed E-state index contributed by atoms with van der Waals surface area (Å²) in [6, 6.07) is 0.493. The van der Waals surface area contributed by atoms with Crippen molar-refractivity contribution in [2.24, 2.45) is 5.41 Å². The topological polar surface area (TPSA) is 52.6 Å². The van der Waals surface area contributed by atoms with E-state index in [4.69, 9.17) is 5.11 Å². The summed E-state index contributed by atoms with van der Waals surface area (Å²) in [6.07, 6.45) is 4.48. The maximum Gasteiger partial charge on any atom is 0.236 e. The summed E-state index contributed by atoms with van der Waals surface area (Å²) in [5.74, 6) is 0.172. The second kappa shape index (κ2) is 4.10. The standard InChI is InChI=1S/C11H20N2O2/c1-13(9-2-3-9)10(15)6-12-7-11(8-14)4-5-11/h9,12,14H,2-8H2,1H3. The van der Waals surface area contributed by atoms with Gasteiger partial charge in [0.15, 0.2) is 0 Å². The summed E-state index contributed by atoms with van der Waals surface area (Å²) in [4.78, 5) is 13.5. The van der Waals surface area contributed by atoms with Crippen LogP contribution in [0.25, 0.3) is 0 Å². The summed E-state index contributed by atoms with van der Waals surface area (Å²) in [6.45, 7) is 1.43. The lowest BCUT2D eigenvalue weighted by Gasteiger charge is -2.18. The summed E-state index contributed by atoms with van der Waals surface area (Å²) in [7, 11) is 1.88. The second-order valence-corrected chi connectivity index (χ2v) is 5.00. The zero-order valence-corrected chi connectivity index (χ0v) is 9.33. The maximum absolute atomic E-state index is 11.6. The molecule has 2 N–H and O–H groups in total. The molecule has 2 rings (SSSR count). The van der Waals surface area contributed by atoms with Crippen LogP contribution in [0.15, 0.2) is 0 Å². The van der Waals surface area contributed by atoms with Gasteiger partial charge in [-0.05, 0) is 25.7 Å². The first kappa shape index (κ1) is 10.9. The number of aliphatic hydroxyl groups excluding tert-OH is 1. The fourth-order valence-electron chi connectivity index (χ4n) is 1.79. The number of carbonyl (C=O) groups is 1. The van der Waals surface area contributed by atoms with Gasteiger partial charge in [0.25, 0.3) is 0 Å². The van der Waals surface area contributed by atoms with Crippen LogP contribution in [0.4, 0.5) is 0 Å². The minimum absolute atomic E-state index is 0.0957. The first-order chi connectivity index (χ1) is 7.17. The summed E-state index contributed by atoms with van der Waals surface area (Å²) in [5, 5.41) is 12.2. The number of rotatable bonds is 6. The van der Waals surface area contributed by atoms with Crippen molar-refractivity contribution in [1.29, 1.82) is 0 Å². The van der Waals surface area contributed by atoms with E-state index >= 15 is 0 Å². The van der Waals surface area contributed by atoms with Gasteiger partial charge in [-0.15, -0.1) is 0 Å². The van der Waals surface area contributed by atoms with E-state index in [2.05, 4.69) is 5.32 Å². The Kier molecular flexibility index (Phi) is 2.98. The highest BCUT2D eigenvalue weighted by Crippen LogP contribution is 2.44. The lowest BCUT2D eigenvalue weighted by molar-refractivity contribution is -0.129. The molecular weight excluding hydrogens is 192 g/mol. The van der Waals surface area contributed by atoms with Crippen LogP contribution in [-0.4, -0.2) is 48.7 Å². The Hall–Kier alpha value is -0.610. The Morgan fingerprint density at radius 2 is 2.20 bits per heavy atom. The fourth-order valence-corrected chi connectivity index (χ4v) is 1.79. The zero-order valence-electron chi connectivity index (χ0n) is 9.33. The molecular formula is C11H20N2O2. The van der Waals surface area contributed by atoms with E-state index in [0.29, 0.717) is 12.6 Å². The van der Waals surface area contributed by atoms with Gasteiger partial charge in [0.1, 0.15) is 0 Å². The Bertz CT molecular complexity index is 247. The molecule has 4 heteroatoms. The Morgan fingerprint density at radius 3 is 2.67 bits per heavy atom. The average Bonchev–Trinajstić information content (AvgIpc) is 3.11. The van der Waals surface area contributed by atoms with Crippen molar-refractivity contribution in [2.75, 3.05) is 26.7 Å². The molecule has 15 heavy (non-hydrogen) atoms. The van der Waals surface area contributed by atoms with Gasteiger partial charge in [0.2, 0.25) is 5.91 Å². The third kappa shape index (κ3) is 2.69. The molecule has 2 saturated carbocycles. The van der Waals surface area contributed by atoms with Crippen LogP contribution in [-0.2, 0) is 4.79 Å². The van der Waals surface area contributed by atoms with Gasteiger partial charge >= 0.3 is 0 Å². The molecule has 4 nitrogen and oxygen atoms in total. The third-order valence-corrected chi connectivity index (χ3v) is 3.56. The third-order valence-electron chi connectivity index (χ3n) is 3.56. The Labute approximate surface area is 90.6 Å². The van der Waals surface area contributed by atoms with Crippen molar-refractivity contribution >= 4 is 5.91 Å². The van der Waals surface area contributed by atoms with E-state index in [1.165, 1.54) is 0 Å². The number of nitrogens with zero attached hydrogens (tertiary/aromatic N) is 1. The van der Waals surface area contributed by atoms with Gasteiger partial charge in [0, 0.05) is 31.7 Å². The highest BCUT2D eigenvalue weighted by molar-refractivity contribution is 5.78. The van der Waals surface area contributed by atoms with E-state index in [0.717, 1.165) is 32.2 Å². The van der Waals surface area contributed by atoms with Crippen LogP contribution in [0, 0.1) is 5.41 Å². The van der Waals surface area contributed by atoms with E-state index in [-0.39, 0.29) is 17.9 Å². The maximum atomic E-state index is 11.6. The first-order valence-electron chi connectivity index (χ1n) is 5.74. The molecule has 0 unspecified atom stereocenters. The Morgan fingerprint density at radius 1 is 1.53 bits per heavy atom. The molecule has 0 aromatic rings. The molecule has 0 saturated heterocycles. The molecule has 0 aromatic heterocycles. The number of carbonyl (C=O) groups excluding carboxylic acids is 1. The smallest absolute Gasteiger partial charge is 0.236 e. The summed E-state index contributed by atoms with van der Waals surface area (Å²) in [5.41, 5.74) is 0.0957. The van der Waals surface area contributed by atoms with Gasteiger partial charge in [-0.3, -0.25) is 4.79 Å². The van der Waals surface area contributed by atoms with Crippen molar-refractivity contribution in [2.45, 2.75) is 31.7 Å². The lowest BCUT2D eigenvalue weighted by Crippen LogP contribution is -2.39. The van der Waals surface area contributed by atoms with Gasteiger partial charge in [-0.25, -0.2) is 0 Å². The van der Waals surface area contributed by atoms with Crippen molar-refractivity contribution in [3.63, 3.8) is 0 Å². The van der Waals surface area contributed by atoms with E-state index in [9.17, 15) is 4.79 Å². The molecule has 86 valence electrons. The van der Waals surface area contributed by atoms with Crippen molar-refractivity contribution in [3.8, 4) is 0 Å². The zero-order chi connectivity index (χ0) is 10.9. The first-order valence-corrected chi connectivity index (χ1v) is 5.74. The Balaban J connectivity index is 1.62. The molecule has 0 spiro atoms. The van der Waals surface area contributed by atoms with Gasteiger partial charge in [0.05, 0.1) is 6.54 Å². The SMILES string of the molecule is CN(C(=O)CNCC1(CO)CC1)C1CC1. The van der Waals surface area contributed by atoms with Crippen LogP contribution >= 0.6 is 0 Å². The van der Waals surface area contributed by atoms with Crippen LogP contribution in [0.3, 0.4) is 0 Å². The average molecular weight is 212 g/mol. The molecule has 0 heterocycles. The van der Waals surface area contributed by atoms with Crippen LogP contribution in [0.2, 0.25) is 0 Å². The van der Waals surface area contributed by atoms with Crippen molar-refractivity contribution in [1.82, 2.24) is 10.2 Å². The van der Waals surface area contributed by atoms with E-state index in [1.54, 1.807) is 0 Å². The normalized spacial score (nSPS) is 22.5. The monoisotopic (exact) mass is 212 g/mol. The predicted octanol–water partition coefficient (Wildman–Crippen LogP) is -0.0307. The highest BCUT2D eigenvalue weighted by atomic mass is 16.3. The van der Waals surface area contributed by atoms with Crippen molar-refractivity contribution < 1.29 is 9.90 Å². The molecule has 0 bridgehead atoms. The molecule has 1 amide bonds. The molecule has 0 aliphatic heterocycles. The molecule has 0 radical (unpaired) electrons. The minimum Gasteiger partial charge on any atom is -0.396 e. The van der Waals surface area contributed by atoms with E-state index < -0.39 is 0 Å². The van der Waals surface area contributed by atoms with Gasteiger partial charge < -0.3 is 15.3 Å². The number of aliphatic hydroxyl groups is 1. The molecule has 0 aromatic carbocycles. The molecule has 2 fully saturated rings. The number of hydrogen-bond acceptors (Lipinski definition) is 3. The number of likely N-dealkylation sites (N-methyl/N-ethyl adjacent to an activating group) is 1. The molecule has 0 atom stereocenters. The molecule has 2 aliphatic rings. The number of hydrogen-bond donors (Lipinski definition) is 2. The van der Waals surface area contributed by atoms with Crippen LogP contribution in [0.1, 0.15) is 25.7 Å². The predicted molar refractivity (Wildman–Crippen MR) is 57.4 cm³/mol. The van der Waals surface area contributed by atoms with Crippen molar-refractivity contribution in [3.05, 3.63) is 0 Å². The van der Waals surface area contributed by atoms with Gasteiger partial charge in [-0.1, -0.05) is 0 Å². The number of nitrogens with one attached hydrogen (secondary N) is 1. The largest absolute Gasteiger partial charge is 0.396 e. The lowest BCUT2D eigenvalue weighted by atomic mass is 10.1.